The molecule has 1 heterocycles. The molecule has 0 bridgehead atoms. The number of hydrogen-bond donors (Lipinski definition) is 1. The molecule has 2 rings (SSSR count). The lowest BCUT2D eigenvalue weighted by molar-refractivity contribution is 0.0743. The highest BCUT2D eigenvalue weighted by Crippen LogP contribution is 2.19. The van der Waals surface area contributed by atoms with Crippen LogP contribution in [0.4, 0.5) is 0 Å². The van der Waals surface area contributed by atoms with Crippen molar-refractivity contribution in [3.8, 4) is 0 Å². The summed E-state index contributed by atoms with van der Waals surface area (Å²) < 4.78 is 0. The molecule has 102 valence electrons. The second kappa shape index (κ2) is 5.91. The highest BCUT2D eigenvalue weighted by Gasteiger charge is 2.18. The molecule has 0 spiro atoms. The van der Waals surface area contributed by atoms with Crippen molar-refractivity contribution in [3.63, 3.8) is 0 Å². The monoisotopic (exact) mass is 258 g/mol. The first-order valence-corrected chi connectivity index (χ1v) is 7.02. The molecule has 2 aromatic rings. The molecule has 0 saturated heterocycles. The Morgan fingerprint density at radius 2 is 2.11 bits per heavy atom. The van der Waals surface area contributed by atoms with Gasteiger partial charge >= 0.3 is 0 Å². The van der Waals surface area contributed by atoms with Crippen LogP contribution in [-0.2, 0) is 0 Å². The zero-order valence-electron chi connectivity index (χ0n) is 11.9. The Morgan fingerprint density at radius 1 is 1.32 bits per heavy atom. The summed E-state index contributed by atoms with van der Waals surface area (Å²) in [6.07, 6.45) is 2.98. The van der Waals surface area contributed by atoms with Crippen LogP contribution in [0.15, 0.2) is 30.5 Å². The number of nitrogens with one attached hydrogen (secondary N) is 1. The standard InChI is InChI=1S/C16H22N2O/c1-4-12(3)11-18(5-2)16(19)14-7-6-8-15-13(14)9-10-17-15/h6-10,12,17H,4-5,11H2,1-3H3. The lowest BCUT2D eigenvalue weighted by Gasteiger charge is -2.24. The number of carbonyl (C=O) groups excluding carboxylic acids is 1. The zero-order valence-corrected chi connectivity index (χ0v) is 11.9. The number of benzene rings is 1. The minimum absolute atomic E-state index is 0.132. The molecule has 1 unspecified atom stereocenters. The van der Waals surface area contributed by atoms with E-state index < -0.39 is 0 Å². The Morgan fingerprint density at radius 3 is 2.79 bits per heavy atom. The van der Waals surface area contributed by atoms with Gasteiger partial charge in [-0.25, -0.2) is 0 Å². The highest BCUT2D eigenvalue weighted by atomic mass is 16.2. The van der Waals surface area contributed by atoms with Gasteiger partial charge in [-0.1, -0.05) is 26.3 Å². The van der Waals surface area contributed by atoms with Gasteiger partial charge < -0.3 is 9.88 Å². The minimum Gasteiger partial charge on any atom is -0.361 e. The van der Waals surface area contributed by atoms with Gasteiger partial charge in [0.25, 0.3) is 5.91 Å². The molecule has 1 atom stereocenters. The third-order valence-corrected chi connectivity index (χ3v) is 3.72. The summed E-state index contributed by atoms with van der Waals surface area (Å²) in [5.74, 6) is 0.669. The van der Waals surface area contributed by atoms with Gasteiger partial charge in [0, 0.05) is 35.8 Å². The second-order valence-electron chi connectivity index (χ2n) is 5.10. The van der Waals surface area contributed by atoms with Crippen molar-refractivity contribution < 1.29 is 4.79 Å². The van der Waals surface area contributed by atoms with Gasteiger partial charge in [0.15, 0.2) is 0 Å². The molecule has 19 heavy (non-hydrogen) atoms. The predicted molar refractivity (Wildman–Crippen MR) is 79.3 cm³/mol. The van der Waals surface area contributed by atoms with Crippen LogP contribution in [0.1, 0.15) is 37.6 Å². The van der Waals surface area contributed by atoms with E-state index in [1.165, 1.54) is 0 Å². The van der Waals surface area contributed by atoms with Gasteiger partial charge in [0.05, 0.1) is 0 Å². The van der Waals surface area contributed by atoms with Gasteiger partial charge in [-0.05, 0) is 31.0 Å². The Balaban J connectivity index is 2.29. The Bertz CT molecular complexity index is 559. The lowest BCUT2D eigenvalue weighted by Crippen LogP contribution is -2.34. The number of carbonyl (C=O) groups is 1. The van der Waals surface area contributed by atoms with Crippen LogP contribution in [-0.4, -0.2) is 28.9 Å². The smallest absolute Gasteiger partial charge is 0.254 e. The Kier molecular flexibility index (Phi) is 4.25. The first-order valence-electron chi connectivity index (χ1n) is 7.02. The summed E-state index contributed by atoms with van der Waals surface area (Å²) in [7, 11) is 0. The number of fused-ring (bicyclic) bond motifs is 1. The molecule has 1 amide bonds. The molecule has 0 saturated carbocycles. The molecule has 3 heteroatoms. The van der Waals surface area contributed by atoms with Crippen LogP contribution < -0.4 is 0 Å². The molecule has 1 aromatic heterocycles. The third-order valence-electron chi connectivity index (χ3n) is 3.72. The van der Waals surface area contributed by atoms with E-state index in [0.29, 0.717) is 5.92 Å². The molecule has 0 aliphatic carbocycles. The van der Waals surface area contributed by atoms with Crippen molar-refractivity contribution in [1.82, 2.24) is 9.88 Å². The maximum absolute atomic E-state index is 12.7. The average molecular weight is 258 g/mol. The number of nitrogens with zero attached hydrogens (tertiary/aromatic N) is 1. The van der Waals surface area contributed by atoms with Crippen molar-refractivity contribution in [1.29, 1.82) is 0 Å². The van der Waals surface area contributed by atoms with E-state index in [4.69, 9.17) is 0 Å². The molecule has 0 aliphatic rings. The van der Waals surface area contributed by atoms with Gasteiger partial charge in [0.2, 0.25) is 0 Å². The van der Waals surface area contributed by atoms with E-state index in [0.717, 1.165) is 36.0 Å². The van der Waals surface area contributed by atoms with Crippen LogP contribution >= 0.6 is 0 Å². The van der Waals surface area contributed by atoms with Crippen LogP contribution in [0, 0.1) is 5.92 Å². The molecule has 0 fully saturated rings. The summed E-state index contributed by atoms with van der Waals surface area (Å²) in [4.78, 5) is 17.7. The van der Waals surface area contributed by atoms with Crippen molar-refractivity contribution in [2.24, 2.45) is 5.92 Å². The number of hydrogen-bond acceptors (Lipinski definition) is 1. The van der Waals surface area contributed by atoms with Gasteiger partial charge in [-0.3, -0.25) is 4.79 Å². The van der Waals surface area contributed by atoms with E-state index in [2.05, 4.69) is 18.8 Å². The fourth-order valence-corrected chi connectivity index (χ4v) is 2.30. The Labute approximate surface area is 114 Å². The van der Waals surface area contributed by atoms with Crippen LogP contribution in [0.25, 0.3) is 10.9 Å². The lowest BCUT2D eigenvalue weighted by atomic mass is 10.1. The quantitative estimate of drug-likeness (QED) is 0.872. The minimum atomic E-state index is 0.132. The first kappa shape index (κ1) is 13.7. The highest BCUT2D eigenvalue weighted by molar-refractivity contribution is 6.06. The van der Waals surface area contributed by atoms with Crippen molar-refractivity contribution >= 4 is 16.8 Å². The zero-order chi connectivity index (χ0) is 13.8. The summed E-state index contributed by atoms with van der Waals surface area (Å²) in [6.45, 7) is 7.97. The molecule has 0 aliphatic heterocycles. The Hall–Kier alpha value is -1.77. The van der Waals surface area contributed by atoms with Crippen molar-refractivity contribution in [2.75, 3.05) is 13.1 Å². The molecule has 0 radical (unpaired) electrons. The molecule has 1 aromatic carbocycles. The average Bonchev–Trinajstić information content (AvgIpc) is 2.91. The van der Waals surface area contributed by atoms with Gasteiger partial charge in [-0.15, -0.1) is 0 Å². The van der Waals surface area contributed by atoms with Gasteiger partial charge in [-0.2, -0.15) is 0 Å². The maximum atomic E-state index is 12.7. The number of aromatic nitrogens is 1. The van der Waals surface area contributed by atoms with Crippen LogP contribution in [0.5, 0.6) is 0 Å². The van der Waals surface area contributed by atoms with Crippen LogP contribution in [0.3, 0.4) is 0 Å². The number of aromatic amines is 1. The number of rotatable bonds is 5. The van der Waals surface area contributed by atoms with E-state index in [9.17, 15) is 4.79 Å². The molecular weight excluding hydrogens is 236 g/mol. The first-order chi connectivity index (χ1) is 9.17. The summed E-state index contributed by atoms with van der Waals surface area (Å²) >= 11 is 0. The topological polar surface area (TPSA) is 36.1 Å². The predicted octanol–water partition coefficient (Wildman–Crippen LogP) is 3.68. The normalized spacial score (nSPS) is 12.6. The van der Waals surface area contributed by atoms with E-state index in [1.54, 1.807) is 0 Å². The number of amides is 1. The van der Waals surface area contributed by atoms with Crippen molar-refractivity contribution in [2.45, 2.75) is 27.2 Å². The maximum Gasteiger partial charge on any atom is 0.254 e. The van der Waals surface area contributed by atoms with Crippen LogP contribution in [0.2, 0.25) is 0 Å². The van der Waals surface area contributed by atoms with E-state index in [1.807, 2.05) is 42.3 Å². The summed E-state index contributed by atoms with van der Waals surface area (Å²) in [5, 5.41) is 1.01. The SMILES string of the molecule is CCC(C)CN(CC)C(=O)c1cccc2[nH]ccc12. The number of H-pyrrole nitrogens is 1. The van der Waals surface area contributed by atoms with Gasteiger partial charge in [0.1, 0.15) is 0 Å². The fraction of sp³-hybridized carbons (Fsp3) is 0.438. The molecule has 3 nitrogen and oxygen atoms in total. The largest absolute Gasteiger partial charge is 0.361 e. The molecule has 1 N–H and O–H groups in total. The van der Waals surface area contributed by atoms with E-state index >= 15 is 0 Å². The molecular formula is C16H22N2O. The summed E-state index contributed by atoms with van der Waals surface area (Å²) in [6, 6.07) is 7.82. The van der Waals surface area contributed by atoms with E-state index in [-0.39, 0.29) is 5.91 Å². The second-order valence-corrected chi connectivity index (χ2v) is 5.10. The fourth-order valence-electron chi connectivity index (χ4n) is 2.30. The third kappa shape index (κ3) is 2.80. The van der Waals surface area contributed by atoms with Crippen molar-refractivity contribution in [3.05, 3.63) is 36.0 Å². The summed E-state index contributed by atoms with van der Waals surface area (Å²) in [5.41, 5.74) is 1.81.